The molecular weight excluding hydrogens is 408 g/mol. The summed E-state index contributed by atoms with van der Waals surface area (Å²) in [6.07, 6.45) is 1.50. The van der Waals surface area contributed by atoms with Gasteiger partial charge >= 0.3 is 11.9 Å². The first-order chi connectivity index (χ1) is 15.4. The fourth-order valence-electron chi connectivity index (χ4n) is 3.12. The van der Waals surface area contributed by atoms with E-state index in [1.165, 1.54) is 0 Å². The van der Waals surface area contributed by atoms with Crippen molar-refractivity contribution in [2.24, 2.45) is 0 Å². The van der Waals surface area contributed by atoms with Gasteiger partial charge < -0.3 is 18.9 Å². The standard InChI is InChI=1S/C26H26O6/c1-5-25(27)31-17(3)15-29-23-9-7-19-12-22-14-24(10-8-20(22)11-21(19)13-23)30-16-18(4)32-26(28)6-2/h5-14,17-18H,1-2,15-16H2,3-4H3. The molecule has 0 spiro atoms. The second-order valence-corrected chi connectivity index (χ2v) is 7.40. The van der Waals surface area contributed by atoms with E-state index in [4.69, 9.17) is 18.9 Å². The molecule has 166 valence electrons. The molecule has 0 bridgehead atoms. The van der Waals surface area contributed by atoms with Crippen LogP contribution in [0.15, 0.2) is 73.8 Å². The number of carbonyl (C=O) groups is 2. The van der Waals surface area contributed by atoms with E-state index in [0.717, 1.165) is 33.7 Å². The van der Waals surface area contributed by atoms with Crippen LogP contribution < -0.4 is 9.47 Å². The highest BCUT2D eigenvalue weighted by atomic mass is 16.6. The van der Waals surface area contributed by atoms with Gasteiger partial charge in [-0.1, -0.05) is 25.3 Å². The number of esters is 2. The molecule has 0 saturated heterocycles. The van der Waals surface area contributed by atoms with E-state index >= 15 is 0 Å². The number of ether oxygens (including phenoxy) is 4. The third-order valence-electron chi connectivity index (χ3n) is 4.68. The van der Waals surface area contributed by atoms with Gasteiger partial charge in [0.25, 0.3) is 0 Å². The molecule has 0 amide bonds. The zero-order chi connectivity index (χ0) is 23.1. The van der Waals surface area contributed by atoms with Crippen LogP contribution in [0, 0.1) is 0 Å². The second kappa shape index (κ2) is 10.5. The van der Waals surface area contributed by atoms with E-state index < -0.39 is 11.9 Å². The number of carbonyl (C=O) groups excluding carboxylic acids is 2. The molecule has 0 saturated carbocycles. The van der Waals surface area contributed by atoms with Gasteiger partial charge in [-0.3, -0.25) is 0 Å². The topological polar surface area (TPSA) is 71.1 Å². The zero-order valence-corrected chi connectivity index (χ0v) is 18.2. The Bertz CT molecular complexity index is 1060. The van der Waals surface area contributed by atoms with Crippen molar-refractivity contribution in [3.05, 3.63) is 73.8 Å². The van der Waals surface area contributed by atoms with Gasteiger partial charge in [0.05, 0.1) is 0 Å². The van der Waals surface area contributed by atoms with Gasteiger partial charge in [-0.25, -0.2) is 9.59 Å². The largest absolute Gasteiger partial charge is 0.490 e. The van der Waals surface area contributed by atoms with Crippen LogP contribution in [0.3, 0.4) is 0 Å². The third kappa shape index (κ3) is 6.11. The maximum Gasteiger partial charge on any atom is 0.330 e. The number of hydrogen-bond acceptors (Lipinski definition) is 6. The van der Waals surface area contributed by atoms with E-state index in [2.05, 4.69) is 25.3 Å². The third-order valence-corrected chi connectivity index (χ3v) is 4.68. The predicted molar refractivity (Wildman–Crippen MR) is 124 cm³/mol. The smallest absolute Gasteiger partial charge is 0.330 e. The maximum absolute atomic E-state index is 11.3. The molecule has 0 N–H and O–H groups in total. The van der Waals surface area contributed by atoms with Crippen molar-refractivity contribution in [1.29, 1.82) is 0 Å². The quantitative estimate of drug-likeness (QED) is 0.254. The first kappa shape index (κ1) is 22.9. The minimum Gasteiger partial charge on any atom is -0.490 e. The van der Waals surface area contributed by atoms with Crippen LogP contribution in [-0.2, 0) is 19.1 Å². The Hall–Kier alpha value is -3.80. The van der Waals surface area contributed by atoms with Gasteiger partial charge in [-0.2, -0.15) is 0 Å². The lowest BCUT2D eigenvalue weighted by molar-refractivity contribution is -0.144. The summed E-state index contributed by atoms with van der Waals surface area (Å²) in [5.41, 5.74) is 0. The molecule has 2 atom stereocenters. The van der Waals surface area contributed by atoms with Crippen molar-refractivity contribution < 1.29 is 28.5 Å². The van der Waals surface area contributed by atoms with E-state index in [0.29, 0.717) is 11.5 Å². The summed E-state index contributed by atoms with van der Waals surface area (Å²) in [5, 5.41) is 4.18. The first-order valence-corrected chi connectivity index (χ1v) is 10.3. The molecule has 3 aromatic rings. The first-order valence-electron chi connectivity index (χ1n) is 10.3. The van der Waals surface area contributed by atoms with Crippen LogP contribution in [0.4, 0.5) is 0 Å². The number of fused-ring (bicyclic) bond motifs is 2. The Balaban J connectivity index is 1.69. The Morgan fingerprint density at radius 1 is 0.719 bits per heavy atom. The molecule has 0 aromatic heterocycles. The summed E-state index contributed by atoms with van der Waals surface area (Å²) in [5.74, 6) is 0.450. The van der Waals surface area contributed by atoms with Crippen LogP contribution in [0.1, 0.15) is 13.8 Å². The van der Waals surface area contributed by atoms with Gasteiger partial charge in [0.2, 0.25) is 0 Å². The molecule has 0 aliphatic carbocycles. The summed E-state index contributed by atoms with van der Waals surface area (Å²) in [6, 6.07) is 15.8. The lowest BCUT2D eigenvalue weighted by atomic mass is 10.0. The Kier molecular flexibility index (Phi) is 7.49. The Labute approximate surface area is 187 Å². The highest BCUT2D eigenvalue weighted by Crippen LogP contribution is 2.29. The lowest BCUT2D eigenvalue weighted by Crippen LogP contribution is -2.20. The molecule has 6 heteroatoms. The summed E-state index contributed by atoms with van der Waals surface area (Å²) in [6.45, 7) is 10.8. The van der Waals surface area contributed by atoms with E-state index in [1.54, 1.807) is 13.8 Å². The minimum absolute atomic E-state index is 0.250. The van der Waals surface area contributed by atoms with Crippen molar-refractivity contribution in [3.63, 3.8) is 0 Å². The fraction of sp³-hybridized carbons (Fsp3) is 0.231. The Morgan fingerprint density at radius 2 is 1.12 bits per heavy atom. The van der Waals surface area contributed by atoms with Gasteiger partial charge in [0.1, 0.15) is 36.9 Å². The molecule has 32 heavy (non-hydrogen) atoms. The van der Waals surface area contributed by atoms with E-state index in [1.807, 2.05) is 36.4 Å². The van der Waals surface area contributed by atoms with Gasteiger partial charge in [-0.15, -0.1) is 0 Å². The molecule has 3 rings (SSSR count). The number of hydrogen-bond donors (Lipinski definition) is 0. The molecule has 0 heterocycles. The van der Waals surface area contributed by atoms with Crippen molar-refractivity contribution in [3.8, 4) is 11.5 Å². The average molecular weight is 434 g/mol. The van der Waals surface area contributed by atoms with Crippen LogP contribution in [0.5, 0.6) is 11.5 Å². The van der Waals surface area contributed by atoms with Gasteiger partial charge in [0.15, 0.2) is 0 Å². The Morgan fingerprint density at radius 3 is 1.50 bits per heavy atom. The van der Waals surface area contributed by atoms with Crippen molar-refractivity contribution >= 4 is 33.5 Å². The zero-order valence-electron chi connectivity index (χ0n) is 18.2. The monoisotopic (exact) mass is 434 g/mol. The fourth-order valence-corrected chi connectivity index (χ4v) is 3.12. The SMILES string of the molecule is C=CC(=O)OC(C)COc1ccc2cc3cc(OCC(C)OC(=O)C=C)ccc3cc2c1. The molecular formula is C26H26O6. The van der Waals surface area contributed by atoms with Crippen LogP contribution in [-0.4, -0.2) is 37.4 Å². The molecule has 6 nitrogen and oxygen atoms in total. The minimum atomic E-state index is -0.471. The van der Waals surface area contributed by atoms with Crippen LogP contribution >= 0.6 is 0 Å². The molecule has 2 unspecified atom stereocenters. The van der Waals surface area contributed by atoms with E-state index in [-0.39, 0.29) is 25.4 Å². The van der Waals surface area contributed by atoms with Gasteiger partial charge in [-0.05, 0) is 71.8 Å². The maximum atomic E-state index is 11.3. The highest BCUT2D eigenvalue weighted by Gasteiger charge is 2.10. The van der Waals surface area contributed by atoms with Crippen LogP contribution in [0.2, 0.25) is 0 Å². The number of rotatable bonds is 10. The summed E-state index contributed by atoms with van der Waals surface area (Å²) < 4.78 is 21.8. The van der Waals surface area contributed by atoms with Crippen molar-refractivity contribution in [2.45, 2.75) is 26.1 Å². The summed E-state index contributed by atoms with van der Waals surface area (Å²) >= 11 is 0. The summed E-state index contributed by atoms with van der Waals surface area (Å²) in [4.78, 5) is 22.5. The van der Waals surface area contributed by atoms with Crippen LogP contribution in [0.25, 0.3) is 21.5 Å². The van der Waals surface area contributed by atoms with Crippen molar-refractivity contribution in [2.75, 3.05) is 13.2 Å². The summed E-state index contributed by atoms with van der Waals surface area (Å²) in [7, 11) is 0. The number of benzene rings is 3. The molecule has 0 fully saturated rings. The predicted octanol–water partition coefficient (Wildman–Crippen LogP) is 4.99. The molecule has 0 radical (unpaired) electrons. The lowest BCUT2D eigenvalue weighted by Gasteiger charge is -2.14. The van der Waals surface area contributed by atoms with Crippen molar-refractivity contribution in [1.82, 2.24) is 0 Å². The van der Waals surface area contributed by atoms with E-state index in [9.17, 15) is 9.59 Å². The normalized spacial score (nSPS) is 12.6. The highest BCUT2D eigenvalue weighted by molar-refractivity contribution is 5.99. The average Bonchev–Trinajstić information content (AvgIpc) is 2.79. The molecule has 0 aliphatic heterocycles. The molecule has 3 aromatic carbocycles. The van der Waals surface area contributed by atoms with Gasteiger partial charge in [0, 0.05) is 12.2 Å². The second-order valence-electron chi connectivity index (χ2n) is 7.40. The molecule has 0 aliphatic rings.